The van der Waals surface area contributed by atoms with Crippen LogP contribution in [0.25, 0.3) is 0 Å². The molecule has 3 rings (SSSR count). The molecule has 0 aliphatic heterocycles. The summed E-state index contributed by atoms with van der Waals surface area (Å²) in [5, 5.41) is 1.24. The summed E-state index contributed by atoms with van der Waals surface area (Å²) in [4.78, 5) is 8.87. The van der Waals surface area contributed by atoms with E-state index in [4.69, 9.17) is 10.7 Å². The van der Waals surface area contributed by atoms with Crippen LogP contribution in [0.4, 0.5) is 5.13 Å². The van der Waals surface area contributed by atoms with Gasteiger partial charge >= 0.3 is 0 Å². The van der Waals surface area contributed by atoms with Crippen molar-refractivity contribution in [2.45, 2.75) is 71.4 Å². The summed E-state index contributed by atoms with van der Waals surface area (Å²) in [6, 6.07) is 0.936. The van der Waals surface area contributed by atoms with Crippen LogP contribution in [0.3, 0.4) is 0 Å². The molecule has 0 aromatic carbocycles. The molecule has 1 aromatic rings. The van der Waals surface area contributed by atoms with Gasteiger partial charge in [-0.05, 0) is 37.5 Å². The van der Waals surface area contributed by atoms with Crippen LogP contribution in [0.2, 0.25) is 0 Å². The number of hydrogen-bond acceptors (Lipinski definition) is 4. The first-order valence-electron chi connectivity index (χ1n) is 8.02. The highest BCUT2D eigenvalue weighted by molar-refractivity contribution is 7.15. The van der Waals surface area contributed by atoms with E-state index in [0.717, 1.165) is 25.4 Å². The standard InChI is InChI=1S/C16H27N3S/c1-4-5-8-19(11-6-7-11)15-18-13-10-16(2,3)9-12(17)14(13)20-15/h11-12H,4-10,17H2,1-3H3. The molecule has 2 aliphatic rings. The van der Waals surface area contributed by atoms with Gasteiger partial charge in [0.2, 0.25) is 0 Å². The summed E-state index contributed by atoms with van der Waals surface area (Å²) in [6.45, 7) is 8.04. The van der Waals surface area contributed by atoms with Gasteiger partial charge < -0.3 is 10.6 Å². The molecule has 3 nitrogen and oxygen atoms in total. The zero-order valence-electron chi connectivity index (χ0n) is 13.0. The molecule has 0 radical (unpaired) electrons. The van der Waals surface area contributed by atoms with Gasteiger partial charge in [0.15, 0.2) is 5.13 Å². The number of rotatable bonds is 5. The van der Waals surface area contributed by atoms with E-state index in [1.807, 2.05) is 11.3 Å². The van der Waals surface area contributed by atoms with Crippen molar-refractivity contribution in [2.24, 2.45) is 11.1 Å². The van der Waals surface area contributed by atoms with E-state index >= 15 is 0 Å². The van der Waals surface area contributed by atoms with Crippen molar-refractivity contribution in [3.05, 3.63) is 10.6 Å². The molecule has 0 saturated heterocycles. The topological polar surface area (TPSA) is 42.2 Å². The van der Waals surface area contributed by atoms with Crippen molar-refractivity contribution in [2.75, 3.05) is 11.4 Å². The maximum atomic E-state index is 6.38. The maximum absolute atomic E-state index is 6.38. The molecule has 1 fully saturated rings. The lowest BCUT2D eigenvalue weighted by Gasteiger charge is -2.32. The average molecular weight is 293 g/mol. The Balaban J connectivity index is 1.84. The third-order valence-corrected chi connectivity index (χ3v) is 5.72. The third-order valence-electron chi connectivity index (χ3n) is 4.46. The second-order valence-corrected chi connectivity index (χ2v) is 8.25. The van der Waals surface area contributed by atoms with E-state index in [0.29, 0.717) is 5.41 Å². The lowest BCUT2D eigenvalue weighted by Crippen LogP contribution is -2.29. The highest BCUT2D eigenvalue weighted by atomic mass is 32.1. The molecule has 1 heterocycles. The van der Waals surface area contributed by atoms with Crippen LogP contribution in [0, 0.1) is 5.41 Å². The van der Waals surface area contributed by atoms with Gasteiger partial charge in [0.05, 0.1) is 5.69 Å². The Labute approximate surface area is 126 Å². The van der Waals surface area contributed by atoms with Gasteiger partial charge in [-0.15, -0.1) is 0 Å². The molecule has 1 unspecified atom stereocenters. The normalized spacial score (nSPS) is 24.5. The van der Waals surface area contributed by atoms with Crippen molar-refractivity contribution in [3.63, 3.8) is 0 Å². The van der Waals surface area contributed by atoms with Gasteiger partial charge in [-0.1, -0.05) is 38.5 Å². The first-order valence-corrected chi connectivity index (χ1v) is 8.83. The largest absolute Gasteiger partial charge is 0.345 e. The predicted octanol–water partition coefficient (Wildman–Crippen LogP) is 3.88. The van der Waals surface area contributed by atoms with Crippen molar-refractivity contribution in [1.82, 2.24) is 4.98 Å². The summed E-state index contributed by atoms with van der Waals surface area (Å²) in [5.41, 5.74) is 7.95. The van der Waals surface area contributed by atoms with E-state index in [1.54, 1.807) is 0 Å². The molecule has 0 bridgehead atoms. The molecule has 0 amide bonds. The summed E-state index contributed by atoms with van der Waals surface area (Å²) in [6.07, 6.45) is 7.36. The highest BCUT2D eigenvalue weighted by Crippen LogP contribution is 2.45. The van der Waals surface area contributed by atoms with Crippen LogP contribution in [-0.4, -0.2) is 17.6 Å². The first-order chi connectivity index (χ1) is 9.50. The van der Waals surface area contributed by atoms with E-state index in [2.05, 4.69) is 25.7 Å². The molecular formula is C16H27N3S. The fraction of sp³-hybridized carbons (Fsp3) is 0.812. The average Bonchev–Trinajstić information content (AvgIpc) is 3.09. The molecule has 1 saturated carbocycles. The van der Waals surface area contributed by atoms with Crippen LogP contribution in [0.1, 0.15) is 69.5 Å². The van der Waals surface area contributed by atoms with Crippen LogP contribution >= 0.6 is 11.3 Å². The summed E-state index contributed by atoms with van der Waals surface area (Å²) in [7, 11) is 0. The minimum absolute atomic E-state index is 0.187. The number of nitrogens with two attached hydrogens (primary N) is 1. The number of nitrogens with zero attached hydrogens (tertiary/aromatic N) is 2. The van der Waals surface area contributed by atoms with Gasteiger partial charge in [-0.2, -0.15) is 0 Å². The predicted molar refractivity (Wildman–Crippen MR) is 86.4 cm³/mol. The number of thiazole rings is 1. The fourth-order valence-corrected chi connectivity index (χ4v) is 4.43. The molecule has 1 aromatic heterocycles. The monoisotopic (exact) mass is 293 g/mol. The van der Waals surface area contributed by atoms with E-state index < -0.39 is 0 Å². The van der Waals surface area contributed by atoms with Crippen LogP contribution in [0.15, 0.2) is 0 Å². The van der Waals surface area contributed by atoms with E-state index in [9.17, 15) is 0 Å². The van der Waals surface area contributed by atoms with Gasteiger partial charge in [0, 0.05) is 23.5 Å². The Bertz CT molecular complexity index is 476. The summed E-state index contributed by atoms with van der Waals surface area (Å²) < 4.78 is 0. The number of aromatic nitrogens is 1. The minimum atomic E-state index is 0.187. The molecule has 4 heteroatoms. The fourth-order valence-electron chi connectivity index (χ4n) is 3.25. The minimum Gasteiger partial charge on any atom is -0.345 e. The number of unbranched alkanes of at least 4 members (excludes halogenated alkanes) is 1. The van der Waals surface area contributed by atoms with Crippen molar-refractivity contribution >= 4 is 16.5 Å². The van der Waals surface area contributed by atoms with Crippen molar-refractivity contribution in [1.29, 1.82) is 0 Å². The molecule has 1 atom stereocenters. The van der Waals surface area contributed by atoms with Gasteiger partial charge in [0.1, 0.15) is 0 Å². The Morgan fingerprint density at radius 2 is 2.15 bits per heavy atom. The van der Waals surface area contributed by atoms with Crippen molar-refractivity contribution in [3.8, 4) is 0 Å². The SMILES string of the molecule is CCCCN(c1nc2c(s1)C(N)CC(C)(C)C2)C1CC1. The smallest absolute Gasteiger partial charge is 0.186 e. The maximum Gasteiger partial charge on any atom is 0.186 e. The second-order valence-electron chi connectivity index (χ2n) is 7.24. The lowest BCUT2D eigenvalue weighted by molar-refractivity contribution is 0.282. The molecule has 20 heavy (non-hydrogen) atoms. The molecule has 2 aliphatic carbocycles. The molecular weight excluding hydrogens is 266 g/mol. The number of hydrogen-bond donors (Lipinski definition) is 1. The van der Waals surface area contributed by atoms with Crippen molar-refractivity contribution < 1.29 is 0 Å². The van der Waals surface area contributed by atoms with E-state index in [1.165, 1.54) is 41.4 Å². The second kappa shape index (κ2) is 5.30. The Kier molecular flexibility index (Phi) is 3.80. The van der Waals surface area contributed by atoms with Gasteiger partial charge in [-0.3, -0.25) is 0 Å². The van der Waals surface area contributed by atoms with Crippen LogP contribution in [-0.2, 0) is 6.42 Å². The summed E-state index contributed by atoms with van der Waals surface area (Å²) >= 11 is 1.86. The Morgan fingerprint density at radius 3 is 2.80 bits per heavy atom. The first kappa shape index (κ1) is 14.3. The van der Waals surface area contributed by atoms with Crippen LogP contribution < -0.4 is 10.6 Å². The highest BCUT2D eigenvalue weighted by Gasteiger charge is 2.36. The van der Waals surface area contributed by atoms with Gasteiger partial charge in [0.25, 0.3) is 0 Å². The number of fused-ring (bicyclic) bond motifs is 1. The summed E-state index contributed by atoms with van der Waals surface area (Å²) in [5.74, 6) is 0. The Morgan fingerprint density at radius 1 is 1.40 bits per heavy atom. The lowest BCUT2D eigenvalue weighted by atomic mass is 9.77. The zero-order valence-corrected chi connectivity index (χ0v) is 13.8. The third kappa shape index (κ3) is 2.86. The van der Waals surface area contributed by atoms with Crippen LogP contribution in [0.5, 0.6) is 0 Å². The van der Waals surface area contributed by atoms with Gasteiger partial charge in [-0.25, -0.2) is 4.98 Å². The Hall–Kier alpha value is -0.610. The quantitative estimate of drug-likeness (QED) is 0.895. The molecule has 0 spiro atoms. The molecule has 2 N–H and O–H groups in total. The zero-order chi connectivity index (χ0) is 14.3. The van der Waals surface area contributed by atoms with E-state index in [-0.39, 0.29) is 6.04 Å². The molecule has 112 valence electrons. The number of anilines is 1.